The van der Waals surface area contributed by atoms with Crippen LogP contribution in [0.1, 0.15) is 42.5 Å². The van der Waals surface area contributed by atoms with Crippen molar-refractivity contribution in [2.45, 2.75) is 32.4 Å². The molecule has 0 amide bonds. The summed E-state index contributed by atoms with van der Waals surface area (Å²) in [5.41, 5.74) is 6.72. The lowest BCUT2D eigenvalue weighted by molar-refractivity contribution is 0.169. The van der Waals surface area contributed by atoms with Gasteiger partial charge in [0.05, 0.1) is 6.04 Å². The molecule has 0 N–H and O–H groups in total. The third-order valence-corrected chi connectivity index (χ3v) is 7.24. The molecule has 4 aromatic rings. The Labute approximate surface area is 214 Å². The topological polar surface area (TPSA) is 19.4 Å². The summed E-state index contributed by atoms with van der Waals surface area (Å²) < 4.78 is 0. The lowest BCUT2D eigenvalue weighted by Gasteiger charge is -2.42. The van der Waals surface area contributed by atoms with Crippen LogP contribution in [0.4, 0.5) is 5.82 Å². The van der Waals surface area contributed by atoms with E-state index >= 15 is 0 Å². The van der Waals surface area contributed by atoms with Crippen LogP contribution in [-0.4, -0.2) is 29.5 Å². The summed E-state index contributed by atoms with van der Waals surface area (Å²) >= 11 is 6.24. The summed E-state index contributed by atoms with van der Waals surface area (Å²) in [6, 6.07) is 32.4. The Bertz CT molecular complexity index is 1250. The molecule has 1 atom stereocenters. The second-order valence-corrected chi connectivity index (χ2v) is 10.0. The van der Waals surface area contributed by atoms with Gasteiger partial charge in [-0.05, 0) is 58.0 Å². The zero-order valence-electron chi connectivity index (χ0n) is 20.4. The van der Waals surface area contributed by atoms with Crippen LogP contribution in [0.2, 0.25) is 5.02 Å². The largest absolute Gasteiger partial charge is 0.353 e. The Morgan fingerprint density at radius 2 is 1.54 bits per heavy atom. The van der Waals surface area contributed by atoms with Gasteiger partial charge in [-0.3, -0.25) is 4.90 Å². The Hall–Kier alpha value is -3.14. The zero-order valence-corrected chi connectivity index (χ0v) is 21.2. The van der Waals surface area contributed by atoms with Gasteiger partial charge >= 0.3 is 0 Å². The summed E-state index contributed by atoms with van der Waals surface area (Å²) in [7, 11) is 0. The fraction of sp³-hybridized carbons (Fsp3) is 0.258. The summed E-state index contributed by atoms with van der Waals surface area (Å²) in [6.45, 7) is 8.24. The molecule has 1 unspecified atom stereocenters. The van der Waals surface area contributed by atoms with Crippen LogP contribution in [-0.2, 0) is 6.54 Å². The number of aromatic nitrogens is 1. The third-order valence-electron chi connectivity index (χ3n) is 6.98. The molecule has 1 aliphatic rings. The number of anilines is 1. The van der Waals surface area contributed by atoms with Gasteiger partial charge in [0.15, 0.2) is 0 Å². The molecular weight excluding hydrogens is 450 g/mol. The molecule has 1 aromatic heterocycles. The number of piperazine rings is 1. The van der Waals surface area contributed by atoms with Crippen LogP contribution in [0.5, 0.6) is 0 Å². The molecule has 0 spiro atoms. The molecule has 2 heterocycles. The van der Waals surface area contributed by atoms with Crippen molar-refractivity contribution >= 4 is 17.4 Å². The van der Waals surface area contributed by atoms with Crippen molar-refractivity contribution in [3.8, 4) is 11.1 Å². The predicted octanol–water partition coefficient (Wildman–Crippen LogP) is 7.59. The van der Waals surface area contributed by atoms with Crippen LogP contribution in [0.25, 0.3) is 11.1 Å². The Balaban J connectivity index is 1.48. The lowest BCUT2D eigenvalue weighted by atomic mass is 9.90. The molecule has 0 aliphatic carbocycles. The fourth-order valence-corrected chi connectivity index (χ4v) is 5.27. The highest BCUT2D eigenvalue weighted by molar-refractivity contribution is 6.30. The molecule has 0 bridgehead atoms. The van der Waals surface area contributed by atoms with E-state index < -0.39 is 0 Å². The third kappa shape index (κ3) is 5.27. The van der Waals surface area contributed by atoms with Crippen LogP contribution < -0.4 is 4.90 Å². The van der Waals surface area contributed by atoms with E-state index in [9.17, 15) is 0 Å². The van der Waals surface area contributed by atoms with Crippen molar-refractivity contribution in [2.24, 2.45) is 0 Å². The maximum absolute atomic E-state index is 6.24. The minimum atomic E-state index is 0.247. The maximum atomic E-state index is 6.24. The number of nitrogens with zero attached hydrogens (tertiary/aromatic N) is 3. The molecule has 0 radical (unpaired) electrons. The standard InChI is InChI=1S/C31H32ClN3/c1-23(2)27-10-5-6-12-29(27)28-11-4-3-9-25(28)21-34-19-20-35(31-13-7-8-18-33-31)22-30(34)24-14-16-26(32)17-15-24/h3-18,23,30H,19-22H2,1-2H3. The Morgan fingerprint density at radius 3 is 2.29 bits per heavy atom. The van der Waals surface area contributed by atoms with E-state index in [1.807, 2.05) is 24.4 Å². The first-order chi connectivity index (χ1) is 17.1. The van der Waals surface area contributed by atoms with Crippen molar-refractivity contribution in [3.05, 3.63) is 119 Å². The minimum Gasteiger partial charge on any atom is -0.353 e. The van der Waals surface area contributed by atoms with Gasteiger partial charge in [0, 0.05) is 37.4 Å². The molecule has 1 aliphatic heterocycles. The monoisotopic (exact) mass is 481 g/mol. The second kappa shape index (κ2) is 10.6. The normalized spacial score (nSPS) is 16.6. The van der Waals surface area contributed by atoms with Crippen molar-refractivity contribution in [2.75, 3.05) is 24.5 Å². The molecule has 5 rings (SSSR count). The highest BCUT2D eigenvalue weighted by Crippen LogP contribution is 2.35. The number of rotatable bonds is 6. The van der Waals surface area contributed by atoms with Crippen LogP contribution in [0, 0.1) is 0 Å². The van der Waals surface area contributed by atoms with Gasteiger partial charge in [-0.25, -0.2) is 4.98 Å². The van der Waals surface area contributed by atoms with Gasteiger partial charge in [-0.15, -0.1) is 0 Å². The van der Waals surface area contributed by atoms with Gasteiger partial charge in [0.25, 0.3) is 0 Å². The highest BCUT2D eigenvalue weighted by atomic mass is 35.5. The van der Waals surface area contributed by atoms with Crippen LogP contribution in [0.15, 0.2) is 97.2 Å². The predicted molar refractivity (Wildman–Crippen MR) is 147 cm³/mol. The SMILES string of the molecule is CC(C)c1ccccc1-c1ccccc1CN1CCN(c2ccccn2)CC1c1ccc(Cl)cc1. The number of halogens is 1. The minimum absolute atomic E-state index is 0.247. The number of benzene rings is 3. The number of hydrogen-bond acceptors (Lipinski definition) is 3. The summed E-state index contributed by atoms with van der Waals surface area (Å²) in [6.07, 6.45) is 1.88. The van der Waals surface area contributed by atoms with E-state index in [1.54, 1.807) is 0 Å². The first-order valence-electron chi connectivity index (χ1n) is 12.4. The van der Waals surface area contributed by atoms with Crippen molar-refractivity contribution in [1.29, 1.82) is 0 Å². The summed E-state index contributed by atoms with van der Waals surface area (Å²) in [4.78, 5) is 9.63. The van der Waals surface area contributed by atoms with E-state index in [2.05, 4.69) is 101 Å². The molecule has 35 heavy (non-hydrogen) atoms. The smallest absolute Gasteiger partial charge is 0.128 e. The van der Waals surface area contributed by atoms with Gasteiger partial charge in [-0.2, -0.15) is 0 Å². The maximum Gasteiger partial charge on any atom is 0.128 e. The average Bonchev–Trinajstić information content (AvgIpc) is 2.90. The van der Waals surface area contributed by atoms with Gasteiger partial charge in [0.1, 0.15) is 5.82 Å². The molecule has 178 valence electrons. The van der Waals surface area contributed by atoms with Gasteiger partial charge < -0.3 is 4.90 Å². The highest BCUT2D eigenvalue weighted by Gasteiger charge is 2.29. The molecule has 4 heteroatoms. The van der Waals surface area contributed by atoms with Crippen LogP contribution >= 0.6 is 11.6 Å². The van der Waals surface area contributed by atoms with Gasteiger partial charge in [0.2, 0.25) is 0 Å². The molecule has 3 aromatic carbocycles. The van der Waals surface area contributed by atoms with Crippen molar-refractivity contribution in [3.63, 3.8) is 0 Å². The average molecular weight is 482 g/mol. The molecular formula is C31H32ClN3. The Kier molecular flexibility index (Phi) is 7.17. The van der Waals surface area contributed by atoms with E-state index in [4.69, 9.17) is 11.6 Å². The first-order valence-corrected chi connectivity index (χ1v) is 12.8. The van der Waals surface area contributed by atoms with Gasteiger partial charge in [-0.1, -0.05) is 92.2 Å². The quantitative estimate of drug-likeness (QED) is 0.283. The number of pyridine rings is 1. The van der Waals surface area contributed by atoms with E-state index in [0.717, 1.165) is 37.0 Å². The van der Waals surface area contributed by atoms with E-state index in [1.165, 1.54) is 27.8 Å². The number of hydrogen-bond donors (Lipinski definition) is 0. The van der Waals surface area contributed by atoms with E-state index in [0.29, 0.717) is 5.92 Å². The molecule has 0 saturated carbocycles. The lowest BCUT2D eigenvalue weighted by Crippen LogP contribution is -2.48. The first kappa shape index (κ1) is 23.6. The fourth-order valence-electron chi connectivity index (χ4n) is 5.15. The zero-order chi connectivity index (χ0) is 24.2. The summed E-state index contributed by atoms with van der Waals surface area (Å²) in [5, 5.41) is 0.772. The van der Waals surface area contributed by atoms with E-state index in [-0.39, 0.29) is 6.04 Å². The van der Waals surface area contributed by atoms with Crippen molar-refractivity contribution < 1.29 is 0 Å². The summed E-state index contributed by atoms with van der Waals surface area (Å²) in [5.74, 6) is 1.51. The van der Waals surface area contributed by atoms with Crippen LogP contribution in [0.3, 0.4) is 0 Å². The molecule has 1 fully saturated rings. The van der Waals surface area contributed by atoms with Crippen molar-refractivity contribution in [1.82, 2.24) is 9.88 Å². The molecule has 3 nitrogen and oxygen atoms in total. The Morgan fingerprint density at radius 1 is 0.829 bits per heavy atom. The second-order valence-electron chi connectivity index (χ2n) is 9.57. The molecule has 1 saturated heterocycles.